The minimum atomic E-state index is -2.55. The van der Waals surface area contributed by atoms with Crippen LogP contribution >= 0.6 is 0 Å². The van der Waals surface area contributed by atoms with Crippen LogP contribution in [0.25, 0.3) is 0 Å². The fraction of sp³-hybridized carbons (Fsp3) is 0.818. The van der Waals surface area contributed by atoms with Crippen LogP contribution in [0.1, 0.15) is 26.2 Å². The van der Waals surface area contributed by atoms with Crippen LogP contribution in [0, 0.1) is 11.8 Å². The van der Waals surface area contributed by atoms with Gasteiger partial charge in [0.2, 0.25) is 5.91 Å². The SMILES string of the molecule is CCN(CC(F)F)C(=O)[C@@H]1CC[C@H](C(=O)O)C1. The number of hydrogen-bond donors (Lipinski definition) is 1. The number of halogens is 2. The number of nitrogens with zero attached hydrogens (tertiary/aromatic N) is 1. The second-order valence-electron chi connectivity index (χ2n) is 4.31. The molecular weight excluding hydrogens is 232 g/mol. The van der Waals surface area contributed by atoms with Crippen molar-refractivity contribution >= 4 is 11.9 Å². The first-order valence-corrected chi connectivity index (χ1v) is 5.75. The third-order valence-corrected chi connectivity index (χ3v) is 3.18. The molecule has 98 valence electrons. The smallest absolute Gasteiger partial charge is 0.306 e. The van der Waals surface area contributed by atoms with Gasteiger partial charge in [0.05, 0.1) is 12.5 Å². The third-order valence-electron chi connectivity index (χ3n) is 3.18. The molecule has 0 aromatic heterocycles. The summed E-state index contributed by atoms with van der Waals surface area (Å²) in [6, 6.07) is 0. The van der Waals surface area contributed by atoms with Gasteiger partial charge in [-0.1, -0.05) is 0 Å². The van der Waals surface area contributed by atoms with Crippen LogP contribution in [0.2, 0.25) is 0 Å². The van der Waals surface area contributed by atoms with Crippen molar-refractivity contribution in [1.82, 2.24) is 4.90 Å². The van der Waals surface area contributed by atoms with E-state index in [4.69, 9.17) is 5.11 Å². The zero-order valence-electron chi connectivity index (χ0n) is 9.73. The molecule has 0 spiro atoms. The van der Waals surface area contributed by atoms with E-state index in [9.17, 15) is 18.4 Å². The number of amides is 1. The first-order chi connectivity index (χ1) is 7.95. The van der Waals surface area contributed by atoms with E-state index >= 15 is 0 Å². The van der Waals surface area contributed by atoms with Gasteiger partial charge in [0.25, 0.3) is 6.43 Å². The Balaban J connectivity index is 2.55. The minimum Gasteiger partial charge on any atom is -0.481 e. The van der Waals surface area contributed by atoms with Crippen molar-refractivity contribution in [1.29, 1.82) is 0 Å². The molecule has 0 heterocycles. The summed E-state index contributed by atoms with van der Waals surface area (Å²) < 4.78 is 24.5. The number of hydrogen-bond acceptors (Lipinski definition) is 2. The van der Waals surface area contributed by atoms with E-state index in [0.29, 0.717) is 12.8 Å². The summed E-state index contributed by atoms with van der Waals surface area (Å²) in [6.07, 6.45) is -1.34. The van der Waals surface area contributed by atoms with Gasteiger partial charge in [-0.2, -0.15) is 0 Å². The van der Waals surface area contributed by atoms with Gasteiger partial charge < -0.3 is 10.0 Å². The van der Waals surface area contributed by atoms with Gasteiger partial charge in [-0.3, -0.25) is 9.59 Å². The quantitative estimate of drug-likeness (QED) is 0.805. The molecule has 0 bridgehead atoms. The molecule has 0 saturated heterocycles. The fourth-order valence-electron chi connectivity index (χ4n) is 2.23. The molecule has 4 nitrogen and oxygen atoms in total. The van der Waals surface area contributed by atoms with E-state index in [-0.39, 0.29) is 18.9 Å². The van der Waals surface area contributed by atoms with Gasteiger partial charge in [-0.25, -0.2) is 8.78 Å². The van der Waals surface area contributed by atoms with Crippen LogP contribution in [0.15, 0.2) is 0 Å². The van der Waals surface area contributed by atoms with Gasteiger partial charge >= 0.3 is 5.97 Å². The van der Waals surface area contributed by atoms with Gasteiger partial charge in [-0.15, -0.1) is 0 Å². The minimum absolute atomic E-state index is 0.234. The average molecular weight is 249 g/mol. The van der Waals surface area contributed by atoms with Crippen LogP contribution in [0.3, 0.4) is 0 Å². The number of carbonyl (C=O) groups excluding carboxylic acids is 1. The van der Waals surface area contributed by atoms with Crippen molar-refractivity contribution in [3.8, 4) is 0 Å². The Morgan fingerprint density at radius 1 is 1.35 bits per heavy atom. The van der Waals surface area contributed by atoms with Crippen LogP contribution in [0.5, 0.6) is 0 Å². The highest BCUT2D eigenvalue weighted by molar-refractivity contribution is 5.81. The molecular formula is C11H17F2NO3. The van der Waals surface area contributed by atoms with E-state index < -0.39 is 30.8 Å². The first kappa shape index (κ1) is 13.9. The molecule has 0 aromatic rings. The topological polar surface area (TPSA) is 57.6 Å². The highest BCUT2D eigenvalue weighted by atomic mass is 19.3. The van der Waals surface area contributed by atoms with Crippen LogP contribution in [-0.2, 0) is 9.59 Å². The number of carboxylic acid groups (broad SMARTS) is 1. The molecule has 1 fully saturated rings. The molecule has 0 radical (unpaired) electrons. The van der Waals surface area contributed by atoms with Crippen molar-refractivity contribution in [2.24, 2.45) is 11.8 Å². The number of rotatable bonds is 5. The highest BCUT2D eigenvalue weighted by Gasteiger charge is 2.35. The van der Waals surface area contributed by atoms with E-state index in [2.05, 4.69) is 0 Å². The molecule has 1 aliphatic rings. The lowest BCUT2D eigenvalue weighted by atomic mass is 10.0. The Kier molecular flexibility index (Phi) is 4.84. The molecule has 0 unspecified atom stereocenters. The number of carboxylic acids is 1. The predicted molar refractivity (Wildman–Crippen MR) is 56.7 cm³/mol. The normalized spacial score (nSPS) is 24.0. The number of aliphatic carboxylic acids is 1. The second kappa shape index (κ2) is 5.93. The highest BCUT2D eigenvalue weighted by Crippen LogP contribution is 2.32. The summed E-state index contributed by atoms with van der Waals surface area (Å²) in [7, 11) is 0. The average Bonchev–Trinajstić information content (AvgIpc) is 2.73. The van der Waals surface area contributed by atoms with Crippen molar-refractivity contribution in [3.63, 3.8) is 0 Å². The summed E-state index contributed by atoms with van der Waals surface area (Å²) in [5.74, 6) is -2.15. The van der Waals surface area contributed by atoms with Gasteiger partial charge in [0.1, 0.15) is 0 Å². The van der Waals surface area contributed by atoms with Gasteiger partial charge in [0, 0.05) is 12.5 Å². The summed E-state index contributed by atoms with van der Waals surface area (Å²) in [5.41, 5.74) is 0. The number of carbonyl (C=O) groups is 2. The molecule has 2 atom stereocenters. The maximum absolute atomic E-state index is 12.2. The molecule has 1 amide bonds. The summed E-state index contributed by atoms with van der Waals surface area (Å²) in [4.78, 5) is 23.7. The predicted octanol–water partition coefficient (Wildman–Crippen LogP) is 1.60. The lowest BCUT2D eigenvalue weighted by Crippen LogP contribution is -2.38. The Bertz CT molecular complexity index is 296. The number of alkyl halides is 2. The van der Waals surface area contributed by atoms with Crippen molar-refractivity contribution in [2.45, 2.75) is 32.6 Å². The Hall–Kier alpha value is -1.20. The fourth-order valence-corrected chi connectivity index (χ4v) is 2.23. The maximum Gasteiger partial charge on any atom is 0.306 e. The van der Waals surface area contributed by atoms with Gasteiger partial charge in [0.15, 0.2) is 0 Å². The van der Waals surface area contributed by atoms with E-state index in [1.165, 1.54) is 0 Å². The van der Waals surface area contributed by atoms with Crippen LogP contribution in [-0.4, -0.2) is 41.4 Å². The maximum atomic E-state index is 12.2. The monoisotopic (exact) mass is 249 g/mol. The molecule has 1 N–H and O–H groups in total. The van der Waals surface area contributed by atoms with E-state index in [0.717, 1.165) is 4.90 Å². The third kappa shape index (κ3) is 3.64. The molecule has 1 aliphatic carbocycles. The second-order valence-corrected chi connectivity index (χ2v) is 4.31. The zero-order valence-corrected chi connectivity index (χ0v) is 9.73. The van der Waals surface area contributed by atoms with E-state index in [1.807, 2.05) is 0 Å². The first-order valence-electron chi connectivity index (χ1n) is 5.75. The van der Waals surface area contributed by atoms with Crippen molar-refractivity contribution in [2.75, 3.05) is 13.1 Å². The van der Waals surface area contributed by atoms with Gasteiger partial charge in [-0.05, 0) is 26.2 Å². The molecule has 1 rings (SSSR count). The Morgan fingerprint density at radius 3 is 2.35 bits per heavy atom. The summed E-state index contributed by atoms with van der Waals surface area (Å²) in [5, 5.41) is 8.81. The van der Waals surface area contributed by atoms with Crippen molar-refractivity contribution in [3.05, 3.63) is 0 Å². The van der Waals surface area contributed by atoms with E-state index in [1.54, 1.807) is 6.92 Å². The zero-order chi connectivity index (χ0) is 13.0. The Morgan fingerprint density at radius 2 is 1.94 bits per heavy atom. The summed E-state index contributed by atoms with van der Waals surface area (Å²) in [6.45, 7) is 1.31. The lowest BCUT2D eigenvalue weighted by molar-refractivity contribution is -0.142. The molecule has 1 saturated carbocycles. The van der Waals surface area contributed by atoms with Crippen LogP contribution < -0.4 is 0 Å². The molecule has 0 aliphatic heterocycles. The molecule has 17 heavy (non-hydrogen) atoms. The Labute approximate surface area is 98.6 Å². The largest absolute Gasteiger partial charge is 0.481 e. The standard InChI is InChI=1S/C11H17F2NO3/c1-2-14(6-9(12)13)10(15)7-3-4-8(5-7)11(16)17/h7-9H,2-6H2,1H3,(H,16,17)/t7-,8+/m1/s1. The summed E-state index contributed by atoms with van der Waals surface area (Å²) >= 11 is 0. The lowest BCUT2D eigenvalue weighted by Gasteiger charge is -2.23. The molecule has 6 heteroatoms. The molecule has 0 aromatic carbocycles. The van der Waals surface area contributed by atoms with Crippen molar-refractivity contribution < 1.29 is 23.5 Å². The van der Waals surface area contributed by atoms with Crippen LogP contribution in [0.4, 0.5) is 8.78 Å².